The van der Waals surface area contributed by atoms with Gasteiger partial charge in [0.25, 0.3) is 0 Å². The van der Waals surface area contributed by atoms with Gasteiger partial charge in [-0.15, -0.1) is 0 Å². The maximum atomic E-state index is 13.7. The van der Waals surface area contributed by atoms with Crippen molar-refractivity contribution in [2.24, 2.45) is 11.1 Å². The van der Waals surface area contributed by atoms with Gasteiger partial charge in [-0.2, -0.15) is 0 Å². The summed E-state index contributed by atoms with van der Waals surface area (Å²) in [4.78, 5) is 5.40. The molecule has 0 bridgehead atoms. The number of halogens is 1. The maximum absolute atomic E-state index is 13.7. The maximum Gasteiger partial charge on any atom is 0.136 e. The lowest BCUT2D eigenvalue weighted by Crippen LogP contribution is -2.27. The van der Waals surface area contributed by atoms with Gasteiger partial charge in [0, 0.05) is 11.5 Å². The molecule has 2 aliphatic rings. The van der Waals surface area contributed by atoms with Crippen molar-refractivity contribution in [1.29, 1.82) is 0 Å². The third-order valence-electron chi connectivity index (χ3n) is 3.49. The highest BCUT2D eigenvalue weighted by molar-refractivity contribution is 6.03. The third kappa shape index (κ3) is 1.51. The van der Waals surface area contributed by atoms with E-state index in [1.54, 1.807) is 12.1 Å². The molecule has 0 spiro atoms. The van der Waals surface area contributed by atoms with Crippen molar-refractivity contribution in [2.45, 2.75) is 31.8 Å². The molecule has 1 saturated carbocycles. The highest BCUT2D eigenvalue weighted by Crippen LogP contribution is 2.35. The van der Waals surface area contributed by atoms with Gasteiger partial charge in [0.05, 0.1) is 5.71 Å². The summed E-state index contributed by atoms with van der Waals surface area (Å²) in [6, 6.07) is 6.81. The number of benzene rings is 1. The van der Waals surface area contributed by atoms with Gasteiger partial charge in [-0.3, -0.25) is 0 Å². The second kappa shape index (κ2) is 3.89. The van der Waals surface area contributed by atoms with Crippen molar-refractivity contribution in [1.82, 2.24) is 0 Å². The van der Waals surface area contributed by atoms with Crippen LogP contribution in [0.1, 0.15) is 31.2 Å². The van der Waals surface area contributed by atoms with Gasteiger partial charge in [-0.25, -0.2) is 4.39 Å². The second-order valence-electron chi connectivity index (χ2n) is 4.49. The first-order chi connectivity index (χ1) is 7.86. The molecule has 1 heterocycles. The highest BCUT2D eigenvalue weighted by atomic mass is 19.1. The van der Waals surface area contributed by atoms with Crippen LogP contribution in [0, 0.1) is 11.7 Å². The van der Waals surface area contributed by atoms with E-state index >= 15 is 0 Å². The van der Waals surface area contributed by atoms with Gasteiger partial charge >= 0.3 is 0 Å². The predicted molar refractivity (Wildman–Crippen MR) is 59.8 cm³/mol. The van der Waals surface area contributed by atoms with Crippen LogP contribution in [0.3, 0.4) is 0 Å². The molecule has 2 atom stereocenters. The summed E-state index contributed by atoms with van der Waals surface area (Å²) in [7, 11) is 0. The van der Waals surface area contributed by atoms with Gasteiger partial charge < -0.3 is 4.84 Å². The van der Waals surface area contributed by atoms with Crippen LogP contribution in [0.25, 0.3) is 0 Å². The minimum Gasteiger partial charge on any atom is -0.392 e. The Morgan fingerprint density at radius 3 is 2.88 bits per heavy atom. The summed E-state index contributed by atoms with van der Waals surface area (Å²) < 4.78 is 13.7. The van der Waals surface area contributed by atoms with E-state index in [0.717, 1.165) is 18.6 Å². The van der Waals surface area contributed by atoms with Gasteiger partial charge in [-0.05, 0) is 25.3 Å². The van der Waals surface area contributed by atoms with Gasteiger partial charge in [0.1, 0.15) is 11.9 Å². The molecule has 0 N–H and O–H groups in total. The average molecular weight is 219 g/mol. The van der Waals surface area contributed by atoms with Crippen LogP contribution in [0.15, 0.2) is 29.4 Å². The molecule has 1 aromatic rings. The Bertz CT molecular complexity index is 430. The quantitative estimate of drug-likeness (QED) is 0.711. The van der Waals surface area contributed by atoms with Crippen LogP contribution in [0.5, 0.6) is 0 Å². The lowest BCUT2D eigenvalue weighted by Gasteiger charge is -2.23. The Balaban J connectivity index is 1.93. The molecule has 0 aromatic heterocycles. The van der Waals surface area contributed by atoms with Crippen molar-refractivity contribution in [3.63, 3.8) is 0 Å². The number of rotatable bonds is 1. The van der Waals surface area contributed by atoms with Gasteiger partial charge in [-0.1, -0.05) is 29.8 Å². The zero-order chi connectivity index (χ0) is 11.0. The van der Waals surface area contributed by atoms with Crippen molar-refractivity contribution < 1.29 is 9.23 Å². The first-order valence-electron chi connectivity index (χ1n) is 5.85. The van der Waals surface area contributed by atoms with E-state index in [2.05, 4.69) is 5.16 Å². The fourth-order valence-corrected chi connectivity index (χ4v) is 2.65. The first kappa shape index (κ1) is 9.82. The molecule has 3 rings (SSSR count). The molecule has 1 aromatic carbocycles. The standard InChI is InChI=1S/C13H14FNO/c14-11-7-3-1-5-9(11)13-10-6-2-4-8-12(10)16-15-13/h1,3,5,7,10,12H,2,4,6,8H2/t10-,12+/m0/s1. The molecule has 2 nitrogen and oxygen atoms in total. The van der Waals surface area contributed by atoms with E-state index in [4.69, 9.17) is 4.84 Å². The third-order valence-corrected chi connectivity index (χ3v) is 3.49. The van der Waals surface area contributed by atoms with Crippen LogP contribution < -0.4 is 0 Å². The van der Waals surface area contributed by atoms with E-state index in [0.29, 0.717) is 11.5 Å². The van der Waals surface area contributed by atoms with Crippen molar-refractivity contribution in [3.05, 3.63) is 35.6 Å². The fourth-order valence-electron chi connectivity index (χ4n) is 2.65. The van der Waals surface area contributed by atoms with Gasteiger partial charge in [0.15, 0.2) is 0 Å². The van der Waals surface area contributed by atoms with Crippen LogP contribution in [0.2, 0.25) is 0 Å². The molecule has 0 saturated heterocycles. The Hall–Kier alpha value is -1.38. The molecule has 0 radical (unpaired) electrons. The zero-order valence-electron chi connectivity index (χ0n) is 9.03. The van der Waals surface area contributed by atoms with Crippen molar-refractivity contribution in [3.8, 4) is 0 Å². The summed E-state index contributed by atoms with van der Waals surface area (Å²) in [5, 5.41) is 4.09. The second-order valence-corrected chi connectivity index (χ2v) is 4.49. The molecular weight excluding hydrogens is 205 g/mol. The van der Waals surface area contributed by atoms with Crippen LogP contribution in [-0.4, -0.2) is 11.8 Å². The Morgan fingerprint density at radius 1 is 1.19 bits per heavy atom. The van der Waals surface area contributed by atoms with Crippen LogP contribution in [-0.2, 0) is 4.84 Å². The smallest absolute Gasteiger partial charge is 0.136 e. The van der Waals surface area contributed by atoms with E-state index in [-0.39, 0.29) is 11.9 Å². The molecule has 1 fully saturated rings. The molecule has 0 unspecified atom stereocenters. The Labute approximate surface area is 94.1 Å². The molecule has 1 aliphatic heterocycles. The number of hydrogen-bond donors (Lipinski definition) is 0. The largest absolute Gasteiger partial charge is 0.392 e. The minimum absolute atomic E-state index is 0.184. The average Bonchev–Trinajstić information content (AvgIpc) is 2.74. The summed E-state index contributed by atoms with van der Waals surface area (Å²) in [6.45, 7) is 0. The topological polar surface area (TPSA) is 21.6 Å². The number of oxime groups is 1. The van der Waals surface area contributed by atoms with E-state index in [1.807, 2.05) is 6.07 Å². The van der Waals surface area contributed by atoms with Gasteiger partial charge in [0.2, 0.25) is 0 Å². The van der Waals surface area contributed by atoms with E-state index in [9.17, 15) is 4.39 Å². The molecule has 0 amide bonds. The molecule has 3 heteroatoms. The Morgan fingerprint density at radius 2 is 2.00 bits per heavy atom. The molecular formula is C13H14FNO. The monoisotopic (exact) mass is 219 g/mol. The van der Waals surface area contributed by atoms with Crippen molar-refractivity contribution in [2.75, 3.05) is 0 Å². The SMILES string of the molecule is Fc1ccccc1C1=NO[C@@H]2CCCC[C@H]12. The molecule has 84 valence electrons. The lowest BCUT2D eigenvalue weighted by atomic mass is 9.81. The Kier molecular flexibility index (Phi) is 2.39. The minimum atomic E-state index is -0.198. The summed E-state index contributed by atoms with van der Waals surface area (Å²) in [5.41, 5.74) is 1.42. The van der Waals surface area contributed by atoms with Crippen molar-refractivity contribution >= 4 is 5.71 Å². The van der Waals surface area contributed by atoms with E-state index < -0.39 is 0 Å². The summed E-state index contributed by atoms with van der Waals surface area (Å²) in [6.07, 6.45) is 4.69. The zero-order valence-corrected chi connectivity index (χ0v) is 9.03. The number of nitrogens with zero attached hydrogens (tertiary/aromatic N) is 1. The first-order valence-corrected chi connectivity index (χ1v) is 5.85. The number of fused-ring (bicyclic) bond motifs is 1. The molecule has 16 heavy (non-hydrogen) atoms. The van der Waals surface area contributed by atoms with E-state index in [1.165, 1.54) is 18.9 Å². The number of hydrogen-bond acceptors (Lipinski definition) is 2. The molecule has 1 aliphatic carbocycles. The normalized spacial score (nSPS) is 28.2. The summed E-state index contributed by atoms with van der Waals surface area (Å²) >= 11 is 0. The summed E-state index contributed by atoms with van der Waals surface area (Å²) in [5.74, 6) is 0.0988. The van der Waals surface area contributed by atoms with Crippen LogP contribution in [0.4, 0.5) is 4.39 Å². The van der Waals surface area contributed by atoms with Crippen LogP contribution >= 0.6 is 0 Å². The lowest BCUT2D eigenvalue weighted by molar-refractivity contribution is 0.0397. The highest BCUT2D eigenvalue weighted by Gasteiger charge is 2.37. The fraction of sp³-hybridized carbons (Fsp3) is 0.462. The predicted octanol–water partition coefficient (Wildman–Crippen LogP) is 3.12.